The van der Waals surface area contributed by atoms with E-state index in [2.05, 4.69) is 4.98 Å². The fourth-order valence-electron chi connectivity index (χ4n) is 3.07. The normalized spacial score (nSPS) is 27.6. The average Bonchev–Trinajstić information content (AvgIpc) is 2.47. The third kappa shape index (κ3) is 2.13. The number of methoxy groups -OCH3 is 1. The van der Waals surface area contributed by atoms with Gasteiger partial charge in [-0.25, -0.2) is 0 Å². The van der Waals surface area contributed by atoms with E-state index in [9.17, 15) is 5.11 Å². The van der Waals surface area contributed by atoms with Crippen molar-refractivity contribution >= 4 is 10.9 Å². The van der Waals surface area contributed by atoms with E-state index < -0.39 is 5.60 Å². The van der Waals surface area contributed by atoms with Crippen LogP contribution < -0.4 is 0 Å². The zero-order valence-electron chi connectivity index (χ0n) is 11.2. The molecule has 3 heteroatoms. The van der Waals surface area contributed by atoms with E-state index in [1.165, 1.54) is 0 Å². The topological polar surface area (TPSA) is 42.4 Å². The Labute approximate surface area is 113 Å². The van der Waals surface area contributed by atoms with Crippen LogP contribution in [0.1, 0.15) is 31.2 Å². The summed E-state index contributed by atoms with van der Waals surface area (Å²) in [6, 6.07) is 10.0. The van der Waals surface area contributed by atoms with Gasteiger partial charge in [0, 0.05) is 24.3 Å². The maximum atomic E-state index is 11.0. The van der Waals surface area contributed by atoms with E-state index in [1.54, 1.807) is 13.3 Å². The minimum atomic E-state index is -0.899. The molecule has 19 heavy (non-hydrogen) atoms. The summed E-state index contributed by atoms with van der Waals surface area (Å²) in [5, 5.41) is 12.1. The molecule has 0 aliphatic heterocycles. The standard InChI is InChI=1S/C16H19NO2/c1-19-15-8-4-5-9-16(15,18)13-10-12-6-2-3-7-14(12)17-11-13/h2-3,6-7,10-11,15,18H,4-5,8-9H2,1H3/t15-,16-/m0/s1. The number of ether oxygens (including phenoxy) is 1. The minimum absolute atomic E-state index is 0.135. The first-order chi connectivity index (χ1) is 9.24. The van der Waals surface area contributed by atoms with Gasteiger partial charge in [-0.3, -0.25) is 4.98 Å². The second kappa shape index (κ2) is 4.91. The SMILES string of the molecule is CO[C@H]1CCCC[C@]1(O)c1cnc2ccccc2c1. The van der Waals surface area contributed by atoms with Crippen LogP contribution in [0.4, 0.5) is 0 Å². The summed E-state index contributed by atoms with van der Waals surface area (Å²) >= 11 is 0. The number of aliphatic hydroxyl groups is 1. The Balaban J connectivity index is 2.06. The number of pyridine rings is 1. The predicted octanol–water partition coefficient (Wildman–Crippen LogP) is 3.01. The summed E-state index contributed by atoms with van der Waals surface area (Å²) in [5.41, 5.74) is 0.932. The third-order valence-corrected chi connectivity index (χ3v) is 4.18. The van der Waals surface area contributed by atoms with Gasteiger partial charge in [-0.15, -0.1) is 0 Å². The highest BCUT2D eigenvalue weighted by Gasteiger charge is 2.41. The predicted molar refractivity (Wildman–Crippen MR) is 74.9 cm³/mol. The molecule has 0 unspecified atom stereocenters. The Morgan fingerprint density at radius 1 is 1.32 bits per heavy atom. The van der Waals surface area contributed by atoms with Crippen molar-refractivity contribution in [1.82, 2.24) is 4.98 Å². The molecule has 1 aromatic heterocycles. The van der Waals surface area contributed by atoms with E-state index in [-0.39, 0.29) is 6.10 Å². The lowest BCUT2D eigenvalue weighted by Gasteiger charge is -2.39. The molecule has 2 aromatic rings. The second-order valence-corrected chi connectivity index (χ2v) is 5.31. The van der Waals surface area contributed by atoms with E-state index in [1.807, 2.05) is 30.3 Å². The lowest BCUT2D eigenvalue weighted by molar-refractivity contribution is -0.122. The molecule has 0 radical (unpaired) electrons. The van der Waals surface area contributed by atoms with Crippen molar-refractivity contribution in [2.75, 3.05) is 7.11 Å². The van der Waals surface area contributed by atoms with E-state index >= 15 is 0 Å². The molecule has 0 spiro atoms. The molecule has 0 amide bonds. The molecular formula is C16H19NO2. The molecule has 3 rings (SSSR count). The summed E-state index contributed by atoms with van der Waals surface area (Å²) in [6.07, 6.45) is 5.44. The van der Waals surface area contributed by atoms with Crippen LogP contribution in [-0.2, 0) is 10.3 Å². The third-order valence-electron chi connectivity index (χ3n) is 4.18. The van der Waals surface area contributed by atoms with E-state index in [0.717, 1.165) is 42.1 Å². The smallest absolute Gasteiger partial charge is 0.117 e. The second-order valence-electron chi connectivity index (χ2n) is 5.31. The number of aromatic nitrogens is 1. The lowest BCUT2D eigenvalue weighted by atomic mass is 9.77. The molecule has 1 heterocycles. The monoisotopic (exact) mass is 257 g/mol. The number of para-hydroxylation sites is 1. The van der Waals surface area contributed by atoms with Crippen LogP contribution in [-0.4, -0.2) is 23.3 Å². The summed E-state index contributed by atoms with van der Waals surface area (Å²) in [6.45, 7) is 0. The maximum absolute atomic E-state index is 11.0. The highest BCUT2D eigenvalue weighted by molar-refractivity contribution is 5.78. The first kappa shape index (κ1) is 12.6. The van der Waals surface area contributed by atoms with Crippen LogP contribution in [0.5, 0.6) is 0 Å². The van der Waals surface area contributed by atoms with E-state index in [4.69, 9.17) is 4.74 Å². The summed E-state index contributed by atoms with van der Waals surface area (Å²) in [7, 11) is 1.68. The lowest BCUT2D eigenvalue weighted by Crippen LogP contribution is -2.43. The first-order valence-corrected chi connectivity index (χ1v) is 6.84. The van der Waals surface area contributed by atoms with Crippen LogP contribution in [0, 0.1) is 0 Å². The number of hydrogen-bond donors (Lipinski definition) is 1. The van der Waals surface area contributed by atoms with Gasteiger partial charge in [-0.1, -0.05) is 31.0 Å². The molecule has 0 saturated heterocycles. The van der Waals surface area contributed by atoms with Gasteiger partial charge in [-0.05, 0) is 25.0 Å². The van der Waals surface area contributed by atoms with Gasteiger partial charge in [0.25, 0.3) is 0 Å². The van der Waals surface area contributed by atoms with Gasteiger partial charge < -0.3 is 9.84 Å². The molecule has 3 nitrogen and oxygen atoms in total. The van der Waals surface area contributed by atoms with Crippen molar-refractivity contribution in [3.8, 4) is 0 Å². The fraction of sp³-hybridized carbons (Fsp3) is 0.438. The highest BCUT2D eigenvalue weighted by Crippen LogP contribution is 2.39. The zero-order valence-corrected chi connectivity index (χ0v) is 11.2. The van der Waals surface area contributed by atoms with Gasteiger partial charge in [0.15, 0.2) is 0 Å². The molecule has 1 fully saturated rings. The van der Waals surface area contributed by atoms with Crippen LogP contribution >= 0.6 is 0 Å². The number of fused-ring (bicyclic) bond motifs is 1. The van der Waals surface area contributed by atoms with Crippen molar-refractivity contribution < 1.29 is 9.84 Å². The molecule has 1 aliphatic carbocycles. The Hall–Kier alpha value is -1.45. The summed E-state index contributed by atoms with van der Waals surface area (Å²) in [4.78, 5) is 4.45. The number of benzene rings is 1. The Morgan fingerprint density at radius 2 is 2.16 bits per heavy atom. The van der Waals surface area contributed by atoms with Gasteiger partial charge in [0.05, 0.1) is 11.6 Å². The molecule has 1 aromatic carbocycles. The minimum Gasteiger partial charge on any atom is -0.382 e. The van der Waals surface area contributed by atoms with Crippen LogP contribution in [0.2, 0.25) is 0 Å². The molecular weight excluding hydrogens is 238 g/mol. The quantitative estimate of drug-likeness (QED) is 0.899. The molecule has 1 N–H and O–H groups in total. The fourth-order valence-corrected chi connectivity index (χ4v) is 3.07. The Bertz CT molecular complexity index is 584. The molecule has 1 saturated carbocycles. The number of rotatable bonds is 2. The van der Waals surface area contributed by atoms with Gasteiger partial charge in [-0.2, -0.15) is 0 Å². The molecule has 100 valence electrons. The zero-order chi connectivity index (χ0) is 13.3. The van der Waals surface area contributed by atoms with Crippen molar-refractivity contribution in [3.63, 3.8) is 0 Å². The highest BCUT2D eigenvalue weighted by atomic mass is 16.5. The van der Waals surface area contributed by atoms with Crippen molar-refractivity contribution in [1.29, 1.82) is 0 Å². The Kier molecular flexibility index (Phi) is 3.25. The van der Waals surface area contributed by atoms with Crippen LogP contribution in [0.25, 0.3) is 10.9 Å². The average molecular weight is 257 g/mol. The number of nitrogens with zero attached hydrogens (tertiary/aromatic N) is 1. The van der Waals surface area contributed by atoms with Crippen LogP contribution in [0.3, 0.4) is 0 Å². The first-order valence-electron chi connectivity index (χ1n) is 6.84. The summed E-state index contributed by atoms with van der Waals surface area (Å²) < 4.78 is 5.50. The molecule has 0 bridgehead atoms. The number of hydrogen-bond acceptors (Lipinski definition) is 3. The van der Waals surface area contributed by atoms with Crippen molar-refractivity contribution in [2.24, 2.45) is 0 Å². The van der Waals surface area contributed by atoms with Crippen molar-refractivity contribution in [3.05, 3.63) is 42.1 Å². The Morgan fingerprint density at radius 3 is 3.00 bits per heavy atom. The van der Waals surface area contributed by atoms with Crippen LogP contribution in [0.15, 0.2) is 36.5 Å². The van der Waals surface area contributed by atoms with Gasteiger partial charge >= 0.3 is 0 Å². The molecule has 1 aliphatic rings. The van der Waals surface area contributed by atoms with Crippen molar-refractivity contribution in [2.45, 2.75) is 37.4 Å². The molecule has 2 atom stereocenters. The van der Waals surface area contributed by atoms with E-state index in [0.29, 0.717) is 0 Å². The largest absolute Gasteiger partial charge is 0.382 e. The summed E-state index contributed by atoms with van der Waals surface area (Å²) in [5.74, 6) is 0. The van der Waals surface area contributed by atoms with Gasteiger partial charge in [0.2, 0.25) is 0 Å². The van der Waals surface area contributed by atoms with Gasteiger partial charge in [0.1, 0.15) is 5.60 Å². The maximum Gasteiger partial charge on any atom is 0.117 e.